The Morgan fingerprint density at radius 2 is 1.87 bits per heavy atom. The number of non-ortho nitro benzene ring substituents is 1. The summed E-state index contributed by atoms with van der Waals surface area (Å²) in [4.78, 5) is 37.6. The van der Waals surface area contributed by atoms with Crippen LogP contribution in [0.25, 0.3) is 5.76 Å². The first-order valence-corrected chi connectivity index (χ1v) is 9.52. The first-order valence-electron chi connectivity index (χ1n) is 9.15. The second-order valence-corrected chi connectivity index (χ2v) is 7.36. The molecule has 1 N–H and O–H groups in total. The molecule has 156 valence electrons. The third-order valence-corrected chi connectivity index (χ3v) is 5.27. The highest BCUT2D eigenvalue weighted by atomic mass is 35.5. The number of nitrogens with zero attached hydrogens (tertiary/aromatic N) is 2. The van der Waals surface area contributed by atoms with Crippen LogP contribution in [0.3, 0.4) is 0 Å². The minimum atomic E-state index is -1.04. The van der Waals surface area contributed by atoms with Crippen molar-refractivity contribution in [1.82, 2.24) is 0 Å². The van der Waals surface area contributed by atoms with Crippen molar-refractivity contribution in [1.29, 1.82) is 0 Å². The highest BCUT2D eigenvalue weighted by Crippen LogP contribution is 2.43. The second kappa shape index (κ2) is 7.73. The van der Waals surface area contributed by atoms with Crippen LogP contribution in [-0.4, -0.2) is 21.7 Å². The number of furan rings is 1. The predicted molar refractivity (Wildman–Crippen MR) is 113 cm³/mol. The number of hydrogen-bond acceptors (Lipinski definition) is 6. The van der Waals surface area contributed by atoms with E-state index >= 15 is 0 Å². The number of Topliss-reactive ketones (excluding diaryl/α,β-unsaturated/α-hetero) is 1. The molecule has 0 bridgehead atoms. The number of carbonyl (C=O) groups is 2. The molecule has 0 saturated carbocycles. The minimum absolute atomic E-state index is 0.156. The van der Waals surface area contributed by atoms with Crippen molar-refractivity contribution < 1.29 is 24.0 Å². The number of anilines is 1. The van der Waals surface area contributed by atoms with Crippen LogP contribution in [-0.2, 0) is 9.59 Å². The second-order valence-electron chi connectivity index (χ2n) is 6.92. The highest BCUT2D eigenvalue weighted by Gasteiger charge is 2.48. The summed E-state index contributed by atoms with van der Waals surface area (Å²) < 4.78 is 5.49. The Kier molecular flexibility index (Phi) is 5.08. The SMILES string of the molecule is Cc1ccc(Cl)cc1N1C(=O)C(=O)/C(=C(\O)c2ccc([N+](=O)[O-])cc2)C1c1ccco1. The van der Waals surface area contributed by atoms with Crippen LogP contribution in [0.5, 0.6) is 0 Å². The lowest BCUT2D eigenvalue weighted by Crippen LogP contribution is -2.30. The number of aryl methyl sites for hydroxylation is 1. The number of ketones is 1. The van der Waals surface area contributed by atoms with Crippen LogP contribution in [0.15, 0.2) is 70.9 Å². The van der Waals surface area contributed by atoms with Gasteiger partial charge >= 0.3 is 0 Å². The molecule has 1 saturated heterocycles. The van der Waals surface area contributed by atoms with Gasteiger partial charge in [-0.15, -0.1) is 0 Å². The average Bonchev–Trinajstić information content (AvgIpc) is 3.37. The number of rotatable bonds is 4. The largest absolute Gasteiger partial charge is 0.507 e. The van der Waals surface area contributed by atoms with Crippen LogP contribution < -0.4 is 4.90 Å². The maximum atomic E-state index is 13.0. The van der Waals surface area contributed by atoms with Crippen LogP contribution >= 0.6 is 11.6 Å². The summed E-state index contributed by atoms with van der Waals surface area (Å²) >= 11 is 6.12. The zero-order valence-corrected chi connectivity index (χ0v) is 16.9. The fourth-order valence-corrected chi connectivity index (χ4v) is 3.70. The third-order valence-electron chi connectivity index (χ3n) is 5.04. The van der Waals surface area contributed by atoms with Gasteiger partial charge in [-0.05, 0) is 48.9 Å². The van der Waals surface area contributed by atoms with E-state index in [9.17, 15) is 24.8 Å². The Hall–Kier alpha value is -3.91. The number of nitro groups is 1. The minimum Gasteiger partial charge on any atom is -0.507 e. The molecule has 1 fully saturated rings. The Labute approximate surface area is 181 Å². The normalized spacial score (nSPS) is 17.9. The van der Waals surface area contributed by atoms with E-state index in [0.29, 0.717) is 16.3 Å². The van der Waals surface area contributed by atoms with Crippen molar-refractivity contribution in [3.63, 3.8) is 0 Å². The molecule has 1 aliphatic heterocycles. The summed E-state index contributed by atoms with van der Waals surface area (Å²) in [5.41, 5.74) is 0.891. The number of halogens is 1. The number of benzene rings is 2. The zero-order chi connectivity index (χ0) is 22.3. The van der Waals surface area contributed by atoms with Crippen LogP contribution in [0.1, 0.15) is 22.9 Å². The lowest BCUT2D eigenvalue weighted by atomic mass is 9.99. The molecule has 31 heavy (non-hydrogen) atoms. The zero-order valence-electron chi connectivity index (χ0n) is 16.1. The molecule has 8 nitrogen and oxygen atoms in total. The van der Waals surface area contributed by atoms with Gasteiger partial charge in [-0.2, -0.15) is 0 Å². The number of nitro benzene ring substituents is 1. The lowest BCUT2D eigenvalue weighted by molar-refractivity contribution is -0.384. The summed E-state index contributed by atoms with van der Waals surface area (Å²) in [5, 5.41) is 22.2. The monoisotopic (exact) mass is 438 g/mol. The number of aliphatic hydroxyl groups excluding tert-OH is 1. The molecule has 1 amide bonds. The average molecular weight is 439 g/mol. The maximum Gasteiger partial charge on any atom is 0.300 e. The summed E-state index contributed by atoms with van der Waals surface area (Å²) in [5.74, 6) is -1.95. The fourth-order valence-electron chi connectivity index (χ4n) is 3.54. The molecule has 0 spiro atoms. The molecular weight excluding hydrogens is 424 g/mol. The Morgan fingerprint density at radius 1 is 1.16 bits per heavy atom. The standard InChI is InChI=1S/C22H15ClN2O6/c1-12-4-7-14(23)11-16(12)24-19(17-3-2-10-31-17)18(21(27)22(24)28)20(26)13-5-8-15(9-6-13)25(29)30/h2-11,19,26H,1H3/b20-18-. The smallest absolute Gasteiger partial charge is 0.300 e. The van der Waals surface area contributed by atoms with E-state index in [4.69, 9.17) is 16.0 Å². The molecule has 1 atom stereocenters. The van der Waals surface area contributed by atoms with E-state index in [-0.39, 0.29) is 22.6 Å². The van der Waals surface area contributed by atoms with Gasteiger partial charge in [0.2, 0.25) is 0 Å². The van der Waals surface area contributed by atoms with Crippen molar-refractivity contribution in [3.8, 4) is 0 Å². The van der Waals surface area contributed by atoms with E-state index in [1.165, 1.54) is 35.4 Å². The number of carbonyl (C=O) groups excluding carboxylic acids is 2. The van der Waals surface area contributed by atoms with Crippen LogP contribution in [0.4, 0.5) is 11.4 Å². The molecular formula is C22H15ClN2O6. The molecule has 0 aliphatic carbocycles. The molecule has 2 heterocycles. The van der Waals surface area contributed by atoms with E-state index in [2.05, 4.69) is 0 Å². The number of hydrogen-bond donors (Lipinski definition) is 1. The molecule has 1 unspecified atom stereocenters. The fraction of sp³-hybridized carbons (Fsp3) is 0.0909. The topological polar surface area (TPSA) is 114 Å². The first-order chi connectivity index (χ1) is 14.8. The maximum absolute atomic E-state index is 13.0. The summed E-state index contributed by atoms with van der Waals surface area (Å²) in [6.45, 7) is 1.76. The third kappa shape index (κ3) is 3.47. The Balaban J connectivity index is 1.92. The van der Waals surface area contributed by atoms with Gasteiger partial charge in [-0.25, -0.2) is 0 Å². The van der Waals surface area contributed by atoms with Crippen molar-refractivity contribution >= 4 is 40.4 Å². The van der Waals surface area contributed by atoms with Crippen molar-refractivity contribution in [2.24, 2.45) is 0 Å². The van der Waals surface area contributed by atoms with Gasteiger partial charge < -0.3 is 9.52 Å². The molecule has 4 rings (SSSR count). The first kappa shape index (κ1) is 20.4. The molecule has 3 aromatic rings. The summed E-state index contributed by atoms with van der Waals surface area (Å²) in [6, 6.07) is 12.1. The van der Waals surface area contributed by atoms with Crippen molar-refractivity contribution in [3.05, 3.63) is 98.5 Å². The molecule has 0 radical (unpaired) electrons. The van der Waals surface area contributed by atoms with E-state index in [1.54, 1.807) is 37.3 Å². The Bertz CT molecular complexity index is 1230. The molecule has 1 aliphatic rings. The van der Waals surface area contributed by atoms with Crippen LogP contribution in [0.2, 0.25) is 5.02 Å². The number of amides is 1. The van der Waals surface area contributed by atoms with Gasteiger partial charge in [0, 0.05) is 28.4 Å². The lowest BCUT2D eigenvalue weighted by Gasteiger charge is -2.25. The van der Waals surface area contributed by atoms with Gasteiger partial charge in [0.1, 0.15) is 17.6 Å². The van der Waals surface area contributed by atoms with Crippen molar-refractivity contribution in [2.45, 2.75) is 13.0 Å². The van der Waals surface area contributed by atoms with Gasteiger partial charge in [0.15, 0.2) is 0 Å². The van der Waals surface area contributed by atoms with E-state index in [1.807, 2.05) is 0 Å². The van der Waals surface area contributed by atoms with Crippen LogP contribution in [0, 0.1) is 17.0 Å². The summed E-state index contributed by atoms with van der Waals surface area (Å²) in [7, 11) is 0. The van der Waals surface area contributed by atoms with Gasteiger partial charge in [0.05, 0.1) is 16.8 Å². The summed E-state index contributed by atoms with van der Waals surface area (Å²) in [6.07, 6.45) is 1.39. The van der Waals surface area contributed by atoms with E-state index < -0.39 is 28.4 Å². The molecule has 2 aromatic carbocycles. The van der Waals surface area contributed by atoms with Crippen molar-refractivity contribution in [2.75, 3.05) is 4.90 Å². The van der Waals surface area contributed by atoms with Gasteiger partial charge in [-0.3, -0.25) is 24.6 Å². The quantitative estimate of drug-likeness (QED) is 0.206. The molecule has 1 aromatic heterocycles. The van der Waals surface area contributed by atoms with E-state index in [0.717, 1.165) is 0 Å². The molecule has 9 heteroatoms. The van der Waals surface area contributed by atoms with Gasteiger partial charge in [-0.1, -0.05) is 17.7 Å². The predicted octanol–water partition coefficient (Wildman–Crippen LogP) is 4.78. The van der Waals surface area contributed by atoms with Gasteiger partial charge in [0.25, 0.3) is 17.4 Å². The number of aliphatic hydroxyl groups is 1. The highest BCUT2D eigenvalue weighted by molar-refractivity contribution is 6.51. The Morgan fingerprint density at radius 3 is 2.48 bits per heavy atom.